The summed E-state index contributed by atoms with van der Waals surface area (Å²) in [6, 6.07) is 2.86. The molecule has 1 N–H and O–H groups in total. The highest BCUT2D eigenvalue weighted by atomic mass is 19.1. The minimum absolute atomic E-state index is 0.139. The van der Waals surface area contributed by atoms with Gasteiger partial charge < -0.3 is 14.6 Å². The summed E-state index contributed by atoms with van der Waals surface area (Å²) in [4.78, 5) is 0. The van der Waals surface area contributed by atoms with Gasteiger partial charge in [-0.2, -0.15) is 0 Å². The molecule has 0 amide bonds. The summed E-state index contributed by atoms with van der Waals surface area (Å²) in [6.07, 6.45) is -0.708. The quantitative estimate of drug-likeness (QED) is 0.745. The van der Waals surface area contributed by atoms with E-state index in [1.807, 2.05) is 0 Å². The van der Waals surface area contributed by atoms with E-state index in [-0.39, 0.29) is 5.75 Å². The Kier molecular flexibility index (Phi) is 2.29. The number of aliphatic hydroxyl groups excluding tert-OH is 1. The molecule has 0 saturated carbocycles. The van der Waals surface area contributed by atoms with Gasteiger partial charge >= 0.3 is 0 Å². The van der Waals surface area contributed by atoms with Crippen LogP contribution >= 0.6 is 0 Å². The van der Waals surface area contributed by atoms with Crippen molar-refractivity contribution in [1.82, 2.24) is 0 Å². The fourth-order valence-corrected chi connectivity index (χ4v) is 1.37. The Balaban J connectivity index is 2.46. The Morgan fingerprint density at radius 2 is 2.07 bits per heavy atom. The van der Waals surface area contributed by atoms with E-state index >= 15 is 0 Å². The number of benzene rings is 1. The first-order chi connectivity index (χ1) is 6.68. The van der Waals surface area contributed by atoms with Crippen LogP contribution in [0.5, 0.6) is 11.5 Å². The summed E-state index contributed by atoms with van der Waals surface area (Å²) >= 11 is 0. The smallest absolute Gasteiger partial charge is 0.197 e. The summed E-state index contributed by atoms with van der Waals surface area (Å²) in [5.74, 6) is 0.0194. The molecule has 3 nitrogen and oxygen atoms in total. The molecule has 0 radical (unpaired) electrons. The molecule has 14 heavy (non-hydrogen) atoms. The van der Waals surface area contributed by atoms with E-state index in [9.17, 15) is 9.50 Å². The molecule has 0 spiro atoms. The van der Waals surface area contributed by atoms with E-state index in [0.29, 0.717) is 24.5 Å². The minimum atomic E-state index is -0.708. The van der Waals surface area contributed by atoms with Crippen LogP contribution < -0.4 is 9.47 Å². The zero-order valence-corrected chi connectivity index (χ0v) is 7.79. The van der Waals surface area contributed by atoms with Crippen LogP contribution in [0.1, 0.15) is 18.6 Å². The maximum atomic E-state index is 13.4. The van der Waals surface area contributed by atoms with Crippen LogP contribution in [0.15, 0.2) is 12.1 Å². The lowest BCUT2D eigenvalue weighted by Gasteiger charge is -2.20. The first kappa shape index (κ1) is 9.27. The van der Waals surface area contributed by atoms with Crippen molar-refractivity contribution in [3.05, 3.63) is 23.5 Å². The summed E-state index contributed by atoms with van der Waals surface area (Å²) in [5.41, 5.74) is 0.492. The summed E-state index contributed by atoms with van der Waals surface area (Å²) in [7, 11) is 0. The summed E-state index contributed by atoms with van der Waals surface area (Å²) in [5, 5.41) is 9.29. The van der Waals surface area contributed by atoms with E-state index < -0.39 is 11.9 Å². The zero-order chi connectivity index (χ0) is 10.1. The van der Waals surface area contributed by atoms with Gasteiger partial charge in [0.1, 0.15) is 13.2 Å². The second-order valence-corrected chi connectivity index (χ2v) is 3.20. The highest BCUT2D eigenvalue weighted by Gasteiger charge is 2.18. The number of fused-ring (bicyclic) bond motifs is 1. The van der Waals surface area contributed by atoms with E-state index in [4.69, 9.17) is 9.47 Å². The third-order valence-electron chi connectivity index (χ3n) is 2.10. The number of ether oxygens (including phenoxy) is 2. The molecule has 1 aromatic carbocycles. The maximum Gasteiger partial charge on any atom is 0.197 e. The molecule has 0 fully saturated rings. The Bertz CT molecular complexity index is 349. The monoisotopic (exact) mass is 198 g/mol. The molecule has 2 rings (SSSR count). The minimum Gasteiger partial charge on any atom is -0.486 e. The van der Waals surface area contributed by atoms with Gasteiger partial charge in [0, 0.05) is 0 Å². The lowest BCUT2D eigenvalue weighted by atomic mass is 10.1. The SMILES string of the molecule is CC(O)c1cc(F)c2c(c1)OCCO2. The van der Waals surface area contributed by atoms with E-state index in [2.05, 4.69) is 0 Å². The lowest BCUT2D eigenvalue weighted by Crippen LogP contribution is -2.16. The predicted octanol–water partition coefficient (Wildman–Crippen LogP) is 1.65. The molecule has 4 heteroatoms. The number of rotatable bonds is 1. The third kappa shape index (κ3) is 1.53. The van der Waals surface area contributed by atoms with E-state index in [1.165, 1.54) is 6.07 Å². The zero-order valence-electron chi connectivity index (χ0n) is 7.79. The van der Waals surface area contributed by atoms with Gasteiger partial charge in [0.2, 0.25) is 0 Å². The van der Waals surface area contributed by atoms with Crippen LogP contribution in [-0.4, -0.2) is 18.3 Å². The Morgan fingerprint density at radius 3 is 2.79 bits per heavy atom. The molecule has 1 atom stereocenters. The van der Waals surface area contributed by atoms with Crippen molar-refractivity contribution in [1.29, 1.82) is 0 Å². The molecule has 0 aromatic heterocycles. The first-order valence-corrected chi connectivity index (χ1v) is 4.45. The van der Waals surface area contributed by atoms with Crippen LogP contribution in [0.2, 0.25) is 0 Å². The van der Waals surface area contributed by atoms with Crippen molar-refractivity contribution in [3.63, 3.8) is 0 Å². The van der Waals surface area contributed by atoms with Crippen molar-refractivity contribution in [3.8, 4) is 11.5 Å². The van der Waals surface area contributed by atoms with Gasteiger partial charge in [-0.25, -0.2) is 4.39 Å². The Morgan fingerprint density at radius 1 is 1.36 bits per heavy atom. The van der Waals surface area contributed by atoms with Crippen molar-refractivity contribution in [2.45, 2.75) is 13.0 Å². The van der Waals surface area contributed by atoms with Gasteiger partial charge in [0.25, 0.3) is 0 Å². The maximum absolute atomic E-state index is 13.4. The van der Waals surface area contributed by atoms with Crippen LogP contribution in [0, 0.1) is 5.82 Å². The van der Waals surface area contributed by atoms with E-state index in [1.54, 1.807) is 13.0 Å². The molecular weight excluding hydrogens is 187 g/mol. The van der Waals surface area contributed by atoms with Crippen LogP contribution in [0.4, 0.5) is 4.39 Å². The molecule has 0 bridgehead atoms. The van der Waals surface area contributed by atoms with Crippen LogP contribution in [-0.2, 0) is 0 Å². The fourth-order valence-electron chi connectivity index (χ4n) is 1.37. The Labute approximate surface area is 81.1 Å². The van der Waals surface area contributed by atoms with Crippen molar-refractivity contribution >= 4 is 0 Å². The molecule has 0 saturated heterocycles. The van der Waals surface area contributed by atoms with Crippen molar-refractivity contribution in [2.75, 3.05) is 13.2 Å². The number of hydrogen-bond donors (Lipinski definition) is 1. The number of aliphatic hydroxyl groups is 1. The second-order valence-electron chi connectivity index (χ2n) is 3.20. The van der Waals surface area contributed by atoms with Crippen LogP contribution in [0.25, 0.3) is 0 Å². The topological polar surface area (TPSA) is 38.7 Å². The van der Waals surface area contributed by atoms with Crippen molar-refractivity contribution < 1.29 is 19.0 Å². The molecular formula is C10H11FO3. The van der Waals surface area contributed by atoms with Gasteiger partial charge in [-0.05, 0) is 24.6 Å². The van der Waals surface area contributed by atoms with Gasteiger partial charge in [0.15, 0.2) is 17.3 Å². The molecule has 0 aliphatic carbocycles. The highest BCUT2D eigenvalue weighted by Crippen LogP contribution is 2.35. The Hall–Kier alpha value is -1.29. The first-order valence-electron chi connectivity index (χ1n) is 4.45. The average Bonchev–Trinajstić information content (AvgIpc) is 2.17. The van der Waals surface area contributed by atoms with Crippen molar-refractivity contribution in [2.24, 2.45) is 0 Å². The van der Waals surface area contributed by atoms with Gasteiger partial charge in [-0.15, -0.1) is 0 Å². The molecule has 1 aromatic rings. The normalized spacial score (nSPS) is 16.5. The van der Waals surface area contributed by atoms with E-state index in [0.717, 1.165) is 0 Å². The molecule has 1 unspecified atom stereocenters. The fraction of sp³-hybridized carbons (Fsp3) is 0.400. The van der Waals surface area contributed by atoms with Gasteiger partial charge in [-0.3, -0.25) is 0 Å². The number of halogens is 1. The summed E-state index contributed by atoms with van der Waals surface area (Å²) < 4.78 is 23.7. The van der Waals surface area contributed by atoms with Crippen LogP contribution in [0.3, 0.4) is 0 Å². The average molecular weight is 198 g/mol. The standard InChI is InChI=1S/C10H11FO3/c1-6(12)7-4-8(11)10-9(5-7)13-2-3-14-10/h4-6,12H,2-3H2,1H3. The molecule has 1 heterocycles. The predicted molar refractivity (Wildman–Crippen MR) is 48.0 cm³/mol. The van der Waals surface area contributed by atoms with Gasteiger partial charge in [-0.1, -0.05) is 0 Å². The molecule has 76 valence electrons. The second kappa shape index (κ2) is 3.46. The summed E-state index contributed by atoms with van der Waals surface area (Å²) in [6.45, 7) is 2.35. The highest BCUT2D eigenvalue weighted by molar-refractivity contribution is 5.45. The third-order valence-corrected chi connectivity index (χ3v) is 2.10. The lowest BCUT2D eigenvalue weighted by molar-refractivity contribution is 0.161. The van der Waals surface area contributed by atoms with Gasteiger partial charge in [0.05, 0.1) is 6.10 Å². The molecule has 1 aliphatic rings. The number of hydrogen-bond acceptors (Lipinski definition) is 3. The molecule has 1 aliphatic heterocycles. The largest absolute Gasteiger partial charge is 0.486 e.